The molecule has 1 atom stereocenters. The molecule has 0 N–H and O–H groups in total. The van der Waals surface area contributed by atoms with Gasteiger partial charge in [-0.25, -0.2) is 0 Å². The van der Waals surface area contributed by atoms with Crippen LogP contribution in [-0.4, -0.2) is 11.0 Å². The van der Waals surface area contributed by atoms with E-state index >= 15 is 0 Å². The molecule has 0 fully saturated rings. The Balaban J connectivity index is 2.23. The van der Waals surface area contributed by atoms with Crippen LogP contribution in [0.5, 0.6) is 0 Å². The predicted octanol–water partition coefficient (Wildman–Crippen LogP) is 4.15. The molecule has 14 heavy (non-hydrogen) atoms. The zero-order chi connectivity index (χ0) is 10.2. The van der Waals surface area contributed by atoms with E-state index in [1.54, 1.807) is 0 Å². The zero-order valence-corrected chi connectivity index (χ0v) is 10.0. The second-order valence-corrected chi connectivity index (χ2v) is 5.27. The molecule has 0 saturated carbocycles. The molecular weight excluding hydrogens is 188 g/mol. The van der Waals surface area contributed by atoms with Crippen LogP contribution in [0.4, 0.5) is 0 Å². The highest BCUT2D eigenvalue weighted by atomic mass is 32.2. The van der Waals surface area contributed by atoms with Gasteiger partial charge in [-0.05, 0) is 24.2 Å². The summed E-state index contributed by atoms with van der Waals surface area (Å²) in [5, 5.41) is 0.754. The van der Waals surface area contributed by atoms with E-state index in [0.29, 0.717) is 0 Å². The van der Waals surface area contributed by atoms with Crippen molar-refractivity contribution in [2.75, 3.05) is 5.75 Å². The van der Waals surface area contributed by atoms with Crippen LogP contribution in [0.3, 0.4) is 0 Å². The van der Waals surface area contributed by atoms with Crippen molar-refractivity contribution in [2.45, 2.75) is 38.4 Å². The first kappa shape index (κ1) is 11.6. The van der Waals surface area contributed by atoms with Gasteiger partial charge in [0.1, 0.15) is 0 Å². The van der Waals surface area contributed by atoms with E-state index in [2.05, 4.69) is 55.9 Å². The molecule has 0 saturated heterocycles. The predicted molar refractivity (Wildman–Crippen MR) is 67.0 cm³/mol. The summed E-state index contributed by atoms with van der Waals surface area (Å²) < 4.78 is 0. The van der Waals surface area contributed by atoms with Crippen LogP contribution >= 0.6 is 11.8 Å². The van der Waals surface area contributed by atoms with Gasteiger partial charge in [0.2, 0.25) is 0 Å². The van der Waals surface area contributed by atoms with Crippen LogP contribution in [0.1, 0.15) is 32.3 Å². The minimum atomic E-state index is 0.754. The third-order valence-electron chi connectivity index (χ3n) is 2.27. The van der Waals surface area contributed by atoms with Crippen molar-refractivity contribution in [2.24, 2.45) is 0 Å². The van der Waals surface area contributed by atoms with Gasteiger partial charge in [0.05, 0.1) is 0 Å². The van der Waals surface area contributed by atoms with Crippen molar-refractivity contribution in [3.05, 3.63) is 35.9 Å². The van der Waals surface area contributed by atoms with Gasteiger partial charge in [0.15, 0.2) is 0 Å². The molecule has 0 heterocycles. The van der Waals surface area contributed by atoms with Gasteiger partial charge in [0, 0.05) is 5.25 Å². The average Bonchev–Trinajstić information content (AvgIpc) is 2.20. The average molecular weight is 208 g/mol. The van der Waals surface area contributed by atoms with Crippen LogP contribution < -0.4 is 0 Å². The summed E-state index contributed by atoms with van der Waals surface area (Å²) in [6.45, 7) is 4.58. The number of unbranched alkanes of at least 4 members (excludes halogenated alkanes) is 1. The van der Waals surface area contributed by atoms with Crippen molar-refractivity contribution in [1.82, 2.24) is 0 Å². The van der Waals surface area contributed by atoms with Crippen molar-refractivity contribution < 1.29 is 0 Å². The van der Waals surface area contributed by atoms with Gasteiger partial charge >= 0.3 is 0 Å². The molecule has 78 valence electrons. The van der Waals surface area contributed by atoms with Crippen molar-refractivity contribution >= 4 is 11.8 Å². The normalized spacial score (nSPS) is 12.7. The Labute approximate surface area is 92.1 Å². The fraction of sp³-hybridized carbons (Fsp3) is 0.538. The summed E-state index contributed by atoms with van der Waals surface area (Å²) in [6, 6.07) is 10.8. The van der Waals surface area contributed by atoms with Gasteiger partial charge in [-0.1, -0.05) is 50.6 Å². The van der Waals surface area contributed by atoms with Gasteiger partial charge in [0.25, 0.3) is 0 Å². The Bertz CT molecular complexity index is 230. The van der Waals surface area contributed by atoms with Gasteiger partial charge < -0.3 is 0 Å². The number of hydrogen-bond donors (Lipinski definition) is 0. The van der Waals surface area contributed by atoms with E-state index in [4.69, 9.17) is 0 Å². The smallest absolute Gasteiger partial charge is 0.00591 e. The van der Waals surface area contributed by atoms with Crippen LogP contribution in [0, 0.1) is 0 Å². The first-order chi connectivity index (χ1) is 6.83. The topological polar surface area (TPSA) is 0 Å². The third-order valence-corrected chi connectivity index (χ3v) is 3.53. The van der Waals surface area contributed by atoms with Crippen molar-refractivity contribution in [3.63, 3.8) is 0 Å². The molecule has 0 aliphatic carbocycles. The Hall–Kier alpha value is -0.430. The highest BCUT2D eigenvalue weighted by Crippen LogP contribution is 2.17. The lowest BCUT2D eigenvalue weighted by atomic mass is 10.1. The van der Waals surface area contributed by atoms with E-state index in [9.17, 15) is 0 Å². The number of rotatable bonds is 6. The quantitative estimate of drug-likeness (QED) is 0.633. The summed E-state index contributed by atoms with van der Waals surface area (Å²) in [4.78, 5) is 0. The monoisotopic (exact) mass is 208 g/mol. The summed E-state index contributed by atoms with van der Waals surface area (Å²) in [5.74, 6) is 1.31. The first-order valence-electron chi connectivity index (χ1n) is 5.48. The molecule has 0 amide bonds. The minimum Gasteiger partial charge on any atom is -0.159 e. The van der Waals surface area contributed by atoms with Crippen LogP contribution in [0.2, 0.25) is 0 Å². The lowest BCUT2D eigenvalue weighted by Gasteiger charge is -2.10. The molecule has 0 bridgehead atoms. The molecule has 1 heteroatoms. The molecule has 0 aliphatic heterocycles. The first-order valence-corrected chi connectivity index (χ1v) is 6.53. The molecular formula is C13H20S. The van der Waals surface area contributed by atoms with Gasteiger partial charge in [-0.15, -0.1) is 0 Å². The molecule has 1 aromatic carbocycles. The largest absolute Gasteiger partial charge is 0.159 e. The summed E-state index contributed by atoms with van der Waals surface area (Å²) in [5.41, 5.74) is 1.46. The fourth-order valence-corrected chi connectivity index (χ4v) is 2.60. The van der Waals surface area contributed by atoms with Gasteiger partial charge in [-0.2, -0.15) is 11.8 Å². The summed E-state index contributed by atoms with van der Waals surface area (Å²) >= 11 is 2.10. The molecule has 0 spiro atoms. The number of benzene rings is 1. The Kier molecular flexibility index (Phi) is 5.77. The van der Waals surface area contributed by atoms with Crippen LogP contribution in [-0.2, 0) is 6.42 Å². The zero-order valence-electron chi connectivity index (χ0n) is 9.20. The Morgan fingerprint density at radius 2 is 1.93 bits per heavy atom. The minimum absolute atomic E-state index is 0.754. The molecule has 0 aromatic heterocycles. The fourth-order valence-electron chi connectivity index (χ4n) is 1.43. The highest BCUT2D eigenvalue weighted by Gasteiger charge is 2.02. The van der Waals surface area contributed by atoms with E-state index in [-0.39, 0.29) is 0 Å². The van der Waals surface area contributed by atoms with Gasteiger partial charge in [-0.3, -0.25) is 0 Å². The maximum atomic E-state index is 2.33. The third kappa shape index (κ3) is 4.71. The molecule has 0 radical (unpaired) electrons. The number of hydrogen-bond acceptors (Lipinski definition) is 1. The standard InChI is InChI=1S/C13H20S/c1-3-4-10-14-12(2)11-13-8-6-5-7-9-13/h5-9,12H,3-4,10-11H2,1-2H3. The lowest BCUT2D eigenvalue weighted by Crippen LogP contribution is -2.02. The van der Waals surface area contributed by atoms with Crippen LogP contribution in [0.15, 0.2) is 30.3 Å². The van der Waals surface area contributed by atoms with Crippen LogP contribution in [0.25, 0.3) is 0 Å². The molecule has 1 aromatic rings. The maximum Gasteiger partial charge on any atom is 0.00591 e. The highest BCUT2D eigenvalue weighted by molar-refractivity contribution is 7.99. The second-order valence-electron chi connectivity index (χ2n) is 3.72. The van der Waals surface area contributed by atoms with E-state index in [0.717, 1.165) is 5.25 Å². The van der Waals surface area contributed by atoms with E-state index < -0.39 is 0 Å². The van der Waals surface area contributed by atoms with E-state index in [1.165, 1.54) is 30.6 Å². The maximum absolute atomic E-state index is 2.33. The lowest BCUT2D eigenvalue weighted by molar-refractivity contribution is 0.883. The molecule has 1 rings (SSSR count). The summed E-state index contributed by atoms with van der Waals surface area (Å²) in [6.07, 6.45) is 3.87. The van der Waals surface area contributed by atoms with E-state index in [1.807, 2.05) is 0 Å². The molecule has 1 unspecified atom stereocenters. The number of thioether (sulfide) groups is 1. The Morgan fingerprint density at radius 1 is 1.21 bits per heavy atom. The van der Waals surface area contributed by atoms with Crippen molar-refractivity contribution in [3.8, 4) is 0 Å². The molecule has 0 aliphatic rings. The van der Waals surface area contributed by atoms with Crippen molar-refractivity contribution in [1.29, 1.82) is 0 Å². The summed E-state index contributed by atoms with van der Waals surface area (Å²) in [7, 11) is 0. The molecule has 0 nitrogen and oxygen atoms in total. The SMILES string of the molecule is CCCCSC(C)Cc1ccccc1. The Morgan fingerprint density at radius 3 is 2.57 bits per heavy atom. The second kappa shape index (κ2) is 6.94.